The van der Waals surface area contributed by atoms with Gasteiger partial charge in [0.1, 0.15) is 15.9 Å². The second-order valence-electron chi connectivity index (χ2n) is 6.10. The molecule has 0 amide bonds. The maximum absolute atomic E-state index is 11.8. The van der Waals surface area contributed by atoms with E-state index in [1.165, 1.54) is 19.2 Å². The van der Waals surface area contributed by atoms with E-state index in [2.05, 4.69) is 0 Å². The fourth-order valence-electron chi connectivity index (χ4n) is 2.73. The fourth-order valence-corrected chi connectivity index (χ4v) is 3.43. The topological polar surface area (TPSA) is 124 Å². The summed E-state index contributed by atoms with van der Waals surface area (Å²) in [5, 5.41) is 0. The summed E-state index contributed by atoms with van der Waals surface area (Å²) < 4.78 is 99.8. The van der Waals surface area contributed by atoms with Crippen LogP contribution in [0.5, 0.6) is 5.75 Å². The first-order chi connectivity index (χ1) is 14.8. The summed E-state index contributed by atoms with van der Waals surface area (Å²) >= 11 is 0. The maximum Gasteiger partial charge on any atom is 0.485 e. The molecule has 3 rings (SSSR count). The predicted molar refractivity (Wildman–Crippen MR) is 133 cm³/mol. The highest BCUT2D eigenvalue weighted by Crippen LogP contribution is 2.42. The average Bonchev–Trinajstić information content (AvgIpc) is 2.72. The fraction of sp³-hybridized carbons (Fsp3) is 0.100. The Hall–Kier alpha value is -2.07. The van der Waals surface area contributed by atoms with E-state index in [0.29, 0.717) is 22.4 Å². The molecular weight excluding hydrogens is 535 g/mol. The Morgan fingerprint density at radius 3 is 1.41 bits per heavy atom. The molecule has 0 spiro atoms. The Bertz CT molecular complexity index is 1280. The largest absolute Gasteiger partial charge is 0.744 e. The number of ether oxygens (including phenoxy) is 1. The second kappa shape index (κ2) is 12.6. The minimum absolute atomic E-state index is 0. The minimum Gasteiger partial charge on any atom is -0.744 e. The van der Waals surface area contributed by atoms with Crippen LogP contribution in [0.2, 0.25) is 0 Å². The predicted octanol–water partition coefficient (Wildman–Crippen LogP) is 3.57. The van der Waals surface area contributed by atoms with Crippen molar-refractivity contribution in [1.29, 1.82) is 0 Å². The van der Waals surface area contributed by atoms with Gasteiger partial charge in [-0.3, -0.25) is 0 Å². The Morgan fingerprint density at radius 1 is 0.706 bits per heavy atom. The van der Waals surface area contributed by atoms with Gasteiger partial charge >= 0.3 is 5.51 Å². The molecule has 0 N–H and O–H groups in total. The number of hydrogen-bond acceptors (Lipinski definition) is 7. The zero-order valence-electron chi connectivity index (χ0n) is 18.2. The first-order valence-electron chi connectivity index (χ1n) is 8.57. The maximum atomic E-state index is 11.8. The van der Waals surface area contributed by atoms with Gasteiger partial charge in [0.05, 0.1) is 12.0 Å². The van der Waals surface area contributed by atoms with Gasteiger partial charge in [0.2, 0.25) is 0 Å². The summed E-state index contributed by atoms with van der Waals surface area (Å²) in [6, 6.07) is 21.1. The van der Waals surface area contributed by atoms with E-state index in [4.69, 9.17) is 17.7 Å². The van der Waals surface area contributed by atoms with Crippen LogP contribution < -0.4 is 4.74 Å². The van der Waals surface area contributed by atoms with Gasteiger partial charge in [-0.2, -0.15) is 13.2 Å². The molecule has 34 heavy (non-hydrogen) atoms. The van der Waals surface area contributed by atoms with Crippen LogP contribution in [0.4, 0.5) is 13.2 Å². The van der Waals surface area contributed by atoms with Crippen molar-refractivity contribution in [1.82, 2.24) is 0 Å². The zero-order chi connectivity index (χ0) is 24.2. The van der Waals surface area contributed by atoms with E-state index in [-0.39, 0.29) is 24.7 Å². The van der Waals surface area contributed by atoms with Crippen LogP contribution in [0.15, 0.2) is 77.7 Å². The van der Waals surface area contributed by atoms with Crippen molar-refractivity contribution < 1.29 is 43.8 Å². The van der Waals surface area contributed by atoms with E-state index in [1.54, 1.807) is 24.3 Å². The number of halogens is 3. The summed E-state index contributed by atoms with van der Waals surface area (Å²) in [5.74, 6) is 0.507. The van der Waals surface area contributed by atoms with Gasteiger partial charge in [-0.05, 0) is 43.1 Å². The van der Waals surface area contributed by atoms with Crippen molar-refractivity contribution in [3.05, 3.63) is 72.8 Å². The van der Waals surface area contributed by atoms with Gasteiger partial charge in [0, 0.05) is 11.1 Å². The molecule has 0 aromatic heterocycles. The molecule has 14 heteroatoms. The van der Waals surface area contributed by atoms with Gasteiger partial charge in [-0.1, -0.05) is 60.7 Å². The summed E-state index contributed by atoms with van der Waals surface area (Å²) in [4.78, 5) is -0.256. The highest BCUT2D eigenvalue weighted by molar-refractivity contribution is 7.86. The first-order valence-corrected chi connectivity index (χ1v) is 11.4. The molecular formula is C20H23F3O7P2S2. The third-order valence-corrected chi connectivity index (χ3v) is 5.47. The van der Waals surface area contributed by atoms with Crippen molar-refractivity contribution >= 4 is 40.0 Å². The van der Waals surface area contributed by atoms with Crippen molar-refractivity contribution in [2.45, 2.75) is 10.4 Å². The lowest BCUT2D eigenvalue weighted by atomic mass is 9.93. The molecule has 0 aliphatic rings. The van der Waals surface area contributed by atoms with Gasteiger partial charge in [0.15, 0.2) is 10.1 Å². The van der Waals surface area contributed by atoms with Crippen LogP contribution in [-0.2, 0) is 20.2 Å². The minimum atomic E-state index is -6.09. The number of benzene rings is 3. The number of rotatable bonds is 4. The third kappa shape index (κ3) is 8.01. The summed E-state index contributed by atoms with van der Waals surface area (Å²) in [6.45, 7) is 0. The monoisotopic (exact) mass is 558 g/mol. The van der Waals surface area contributed by atoms with Crippen molar-refractivity contribution in [3.63, 3.8) is 0 Å². The second-order valence-corrected chi connectivity index (χ2v) is 8.82. The van der Waals surface area contributed by atoms with Crippen LogP contribution >= 0.6 is 19.8 Å². The molecule has 3 aromatic carbocycles. The van der Waals surface area contributed by atoms with Crippen LogP contribution in [0, 0.1) is 0 Å². The lowest BCUT2D eigenvalue weighted by Gasteiger charge is -2.20. The normalized spacial score (nSPS) is 11.2. The van der Waals surface area contributed by atoms with E-state index in [9.17, 15) is 26.1 Å². The van der Waals surface area contributed by atoms with Crippen molar-refractivity contribution in [2.75, 3.05) is 7.11 Å². The Kier molecular flexibility index (Phi) is 11.8. The van der Waals surface area contributed by atoms with Gasteiger partial charge < -0.3 is 13.8 Å². The molecule has 188 valence electrons. The van der Waals surface area contributed by atoms with Crippen LogP contribution in [0.3, 0.4) is 0 Å². The molecule has 0 heterocycles. The molecule has 0 saturated carbocycles. The molecule has 0 fully saturated rings. The quantitative estimate of drug-likeness (QED) is 0.273. The van der Waals surface area contributed by atoms with Crippen LogP contribution in [0.25, 0.3) is 22.3 Å². The molecule has 3 aromatic rings. The smallest absolute Gasteiger partial charge is 0.485 e. The molecule has 2 unspecified atom stereocenters. The van der Waals surface area contributed by atoms with Gasteiger partial charge in [-0.15, -0.1) is 0 Å². The summed E-state index contributed by atoms with van der Waals surface area (Å²) in [7, 11) is -9.22. The van der Waals surface area contributed by atoms with E-state index in [1.807, 2.05) is 36.4 Å². The molecule has 2 atom stereocenters. The zero-order valence-corrected chi connectivity index (χ0v) is 23.9. The van der Waals surface area contributed by atoms with Crippen molar-refractivity contribution in [2.24, 2.45) is 0 Å². The standard InChI is InChI=1S/C19H16O4S.CHF3O3S.2H3P/c1-23-16-12-13-17(24(20,21)22)19(15-10-6-3-7-11-15)18(16)14-8-4-2-5-9-14;2-1(3,4)8(5,6)7;;/h2-13H,1H3,(H,20,21,22);(H,5,6,7);2*1H3. The highest BCUT2D eigenvalue weighted by atomic mass is 32.2. The third-order valence-electron chi connectivity index (χ3n) is 4.03. The number of methoxy groups -OCH3 is 1. The molecule has 0 bridgehead atoms. The van der Waals surface area contributed by atoms with Crippen molar-refractivity contribution in [3.8, 4) is 28.0 Å². The Labute approximate surface area is 202 Å². The average molecular weight is 558 g/mol. The van der Waals surface area contributed by atoms with E-state index in [0.717, 1.165) is 5.56 Å². The number of alkyl halides is 3. The molecule has 7 nitrogen and oxygen atoms in total. The highest BCUT2D eigenvalue weighted by Gasteiger charge is 2.36. The molecule has 0 aliphatic carbocycles. The van der Waals surface area contributed by atoms with Gasteiger partial charge in [-0.25, -0.2) is 16.8 Å². The van der Waals surface area contributed by atoms with Gasteiger partial charge in [0.25, 0.3) is 0 Å². The molecule has 0 saturated heterocycles. The summed E-state index contributed by atoms with van der Waals surface area (Å²) in [5.41, 5.74) is -3.28. The SMILES string of the molecule is COc1ccc(S(=O)(=O)[O-])c(-c2ccccc2)c1-c1ccccc1.O=S(=O)([O-])C(F)(F)F.[PH4+].[PH4+]. The lowest BCUT2D eigenvalue weighted by molar-refractivity contribution is -0.0517. The first kappa shape index (κ1) is 31.9. The number of hydrogen-bond donors (Lipinski definition) is 0. The summed E-state index contributed by atoms with van der Waals surface area (Å²) in [6.07, 6.45) is 0. The van der Waals surface area contributed by atoms with Crippen LogP contribution in [0.1, 0.15) is 0 Å². The van der Waals surface area contributed by atoms with E-state index < -0.39 is 25.7 Å². The Morgan fingerprint density at radius 2 is 1.09 bits per heavy atom. The molecule has 0 radical (unpaired) electrons. The van der Waals surface area contributed by atoms with E-state index >= 15 is 0 Å². The molecule has 0 aliphatic heterocycles. The van der Waals surface area contributed by atoms with Crippen LogP contribution in [-0.4, -0.2) is 38.6 Å². The lowest BCUT2D eigenvalue weighted by Crippen LogP contribution is -2.21. The Balaban J connectivity index is 0.000000947.